The van der Waals surface area contributed by atoms with Crippen LogP contribution in [0.5, 0.6) is 0 Å². The maximum Gasteiger partial charge on any atom is 0.269 e. The average Bonchev–Trinajstić information content (AvgIpc) is 3.04. The third-order valence-electron chi connectivity index (χ3n) is 4.84. The molecule has 8 nitrogen and oxygen atoms in total. The highest BCUT2D eigenvalue weighted by atomic mass is 32.2. The molecular weight excluding hydrogens is 389 g/mol. The number of hydrogen-bond donors (Lipinski definition) is 0. The van der Waals surface area contributed by atoms with E-state index >= 15 is 0 Å². The Morgan fingerprint density at radius 1 is 1.21 bits per heavy atom. The molecule has 4 rings (SSSR count). The molecule has 0 radical (unpaired) electrons. The van der Waals surface area contributed by atoms with Crippen LogP contribution in [-0.4, -0.2) is 28.6 Å². The molecule has 2 aromatic carbocycles. The smallest absolute Gasteiger partial charge is 0.269 e. The molecule has 1 atom stereocenters. The Bertz CT molecular complexity index is 1270. The molecule has 0 bridgehead atoms. The number of sulfone groups is 1. The summed E-state index contributed by atoms with van der Waals surface area (Å²) in [7, 11) is -3.76. The van der Waals surface area contributed by atoms with Crippen molar-refractivity contribution in [2.24, 2.45) is 0 Å². The summed E-state index contributed by atoms with van der Waals surface area (Å²) in [6.45, 7) is 0.328. The van der Waals surface area contributed by atoms with Crippen LogP contribution < -0.4 is 5.56 Å². The van der Waals surface area contributed by atoms with Crippen LogP contribution in [0, 0.1) is 15.9 Å². The van der Waals surface area contributed by atoms with E-state index in [9.17, 15) is 27.7 Å². The molecule has 2 heterocycles. The maximum atomic E-state index is 13.5. The monoisotopic (exact) mass is 403 g/mol. The van der Waals surface area contributed by atoms with Crippen LogP contribution >= 0.6 is 0 Å². The first kappa shape index (κ1) is 18.2. The van der Waals surface area contributed by atoms with Gasteiger partial charge in [-0.3, -0.25) is 19.5 Å². The van der Waals surface area contributed by atoms with Gasteiger partial charge in [-0.25, -0.2) is 17.8 Å². The third-order valence-corrected chi connectivity index (χ3v) is 6.67. The highest BCUT2D eigenvalue weighted by Gasteiger charge is 2.31. The lowest BCUT2D eigenvalue weighted by Crippen LogP contribution is -2.22. The number of nitro groups is 1. The van der Waals surface area contributed by atoms with Crippen LogP contribution in [0.3, 0.4) is 0 Å². The molecule has 144 valence electrons. The summed E-state index contributed by atoms with van der Waals surface area (Å²) >= 11 is 0. The van der Waals surface area contributed by atoms with Crippen molar-refractivity contribution in [2.75, 3.05) is 5.75 Å². The fourth-order valence-corrected chi connectivity index (χ4v) is 5.04. The van der Waals surface area contributed by atoms with Crippen molar-refractivity contribution < 1.29 is 17.7 Å². The fraction of sp³-hybridized carbons (Fsp3) is 0.222. The van der Waals surface area contributed by atoms with Crippen molar-refractivity contribution in [1.29, 1.82) is 0 Å². The van der Waals surface area contributed by atoms with E-state index in [0.717, 1.165) is 18.2 Å². The van der Waals surface area contributed by atoms with Crippen LogP contribution in [-0.2, 0) is 16.4 Å². The van der Waals surface area contributed by atoms with Gasteiger partial charge in [-0.05, 0) is 30.7 Å². The number of hydrogen-bond acceptors (Lipinski definition) is 6. The zero-order valence-corrected chi connectivity index (χ0v) is 15.2. The maximum absolute atomic E-state index is 13.5. The molecular formula is C18H14FN3O5S. The van der Waals surface area contributed by atoms with Crippen molar-refractivity contribution in [3.05, 3.63) is 74.6 Å². The summed E-state index contributed by atoms with van der Waals surface area (Å²) in [6, 6.07) is 8.36. The molecule has 10 heteroatoms. The van der Waals surface area contributed by atoms with E-state index in [-0.39, 0.29) is 32.8 Å². The highest BCUT2D eigenvalue weighted by Crippen LogP contribution is 2.30. The Morgan fingerprint density at radius 3 is 2.61 bits per heavy atom. The summed E-state index contributed by atoms with van der Waals surface area (Å²) in [4.78, 5) is 27.0. The lowest BCUT2D eigenvalue weighted by Gasteiger charge is -2.12. The van der Waals surface area contributed by atoms with Gasteiger partial charge in [0.2, 0.25) is 0 Å². The van der Waals surface area contributed by atoms with Gasteiger partial charge < -0.3 is 0 Å². The molecule has 0 spiro atoms. The SMILES string of the molecule is O=c1c2ccc(F)cc2nc2n1CCC2CS(=O)(=O)c1ccc([N+](=O)[O-])cc1. The third kappa shape index (κ3) is 3.05. The van der Waals surface area contributed by atoms with Crippen LogP contribution in [0.2, 0.25) is 0 Å². The molecule has 0 saturated carbocycles. The molecule has 3 aromatic rings. The number of aromatic nitrogens is 2. The number of fused-ring (bicyclic) bond motifs is 2. The second kappa shape index (κ2) is 6.48. The number of nitrogens with zero attached hydrogens (tertiary/aromatic N) is 3. The van der Waals surface area contributed by atoms with Gasteiger partial charge in [-0.1, -0.05) is 0 Å². The van der Waals surface area contributed by atoms with Crippen molar-refractivity contribution in [2.45, 2.75) is 23.8 Å². The van der Waals surface area contributed by atoms with Gasteiger partial charge in [0.1, 0.15) is 11.6 Å². The molecule has 0 aliphatic carbocycles. The van der Waals surface area contributed by atoms with Gasteiger partial charge in [0, 0.05) is 30.7 Å². The van der Waals surface area contributed by atoms with Crippen molar-refractivity contribution in [3.63, 3.8) is 0 Å². The van der Waals surface area contributed by atoms with Crippen LogP contribution in [0.25, 0.3) is 10.9 Å². The minimum absolute atomic E-state index is 0.0364. The fourth-order valence-electron chi connectivity index (χ4n) is 3.45. The quantitative estimate of drug-likeness (QED) is 0.488. The van der Waals surface area contributed by atoms with Crippen LogP contribution in [0.1, 0.15) is 18.2 Å². The predicted octanol–water partition coefficient (Wildman–Crippen LogP) is 2.41. The largest absolute Gasteiger partial charge is 0.296 e. The van der Waals surface area contributed by atoms with E-state index in [1.807, 2.05) is 0 Å². The molecule has 0 saturated heterocycles. The second-order valence-electron chi connectivity index (χ2n) is 6.61. The standard InChI is InChI=1S/C18H14FN3O5S/c19-12-1-6-15-16(9-12)20-17-11(7-8-21(17)18(15)23)10-28(26,27)14-4-2-13(3-5-14)22(24)25/h1-6,9,11H,7-8,10H2. The Hall–Kier alpha value is -3.14. The summed E-state index contributed by atoms with van der Waals surface area (Å²) < 4.78 is 40.4. The summed E-state index contributed by atoms with van der Waals surface area (Å²) in [5.74, 6) is -1.04. The van der Waals surface area contributed by atoms with Crippen molar-refractivity contribution in [3.8, 4) is 0 Å². The molecule has 1 aliphatic rings. The number of non-ortho nitro benzene ring substituents is 1. The molecule has 0 N–H and O–H groups in total. The second-order valence-corrected chi connectivity index (χ2v) is 8.64. The van der Waals surface area contributed by atoms with E-state index in [1.165, 1.54) is 28.8 Å². The first-order valence-electron chi connectivity index (χ1n) is 8.43. The van der Waals surface area contributed by atoms with E-state index in [0.29, 0.717) is 18.8 Å². The van der Waals surface area contributed by atoms with E-state index in [1.54, 1.807) is 0 Å². The Morgan fingerprint density at radius 2 is 1.93 bits per heavy atom. The summed E-state index contributed by atoms with van der Waals surface area (Å²) in [6.07, 6.45) is 0.410. The first-order chi connectivity index (χ1) is 13.3. The van der Waals surface area contributed by atoms with Crippen LogP contribution in [0.4, 0.5) is 10.1 Å². The molecule has 0 amide bonds. The Kier molecular flexibility index (Phi) is 4.22. The Labute approximate surface area is 158 Å². The lowest BCUT2D eigenvalue weighted by molar-refractivity contribution is -0.384. The van der Waals surface area contributed by atoms with E-state index in [2.05, 4.69) is 4.98 Å². The number of halogens is 1. The molecule has 28 heavy (non-hydrogen) atoms. The van der Waals surface area contributed by atoms with Gasteiger partial charge >= 0.3 is 0 Å². The zero-order valence-electron chi connectivity index (χ0n) is 14.4. The van der Waals surface area contributed by atoms with Crippen molar-refractivity contribution >= 4 is 26.4 Å². The average molecular weight is 403 g/mol. The molecule has 0 fully saturated rings. The van der Waals surface area contributed by atoms with Crippen molar-refractivity contribution in [1.82, 2.24) is 9.55 Å². The van der Waals surface area contributed by atoms with Crippen LogP contribution in [0.15, 0.2) is 52.2 Å². The highest BCUT2D eigenvalue weighted by molar-refractivity contribution is 7.91. The summed E-state index contributed by atoms with van der Waals surface area (Å²) in [5.41, 5.74) is -0.335. The number of rotatable bonds is 4. The van der Waals surface area contributed by atoms with Gasteiger partial charge in [0.05, 0.1) is 26.5 Å². The molecule has 1 aliphatic heterocycles. The topological polar surface area (TPSA) is 112 Å². The Balaban J connectivity index is 1.70. The number of benzene rings is 2. The van der Waals surface area contributed by atoms with E-state index < -0.39 is 26.5 Å². The zero-order chi connectivity index (χ0) is 20.1. The molecule has 1 unspecified atom stereocenters. The lowest BCUT2D eigenvalue weighted by atomic mass is 10.1. The van der Waals surface area contributed by atoms with Gasteiger partial charge in [-0.2, -0.15) is 0 Å². The first-order valence-corrected chi connectivity index (χ1v) is 10.1. The number of nitro benzene ring substituents is 1. The van der Waals surface area contributed by atoms with E-state index in [4.69, 9.17) is 0 Å². The van der Waals surface area contributed by atoms with Gasteiger partial charge in [-0.15, -0.1) is 0 Å². The van der Waals surface area contributed by atoms with Gasteiger partial charge in [0.25, 0.3) is 11.2 Å². The predicted molar refractivity (Wildman–Crippen MR) is 98.5 cm³/mol. The van der Waals surface area contributed by atoms with Gasteiger partial charge in [0.15, 0.2) is 9.84 Å². The minimum atomic E-state index is -3.76. The molecule has 1 aromatic heterocycles. The summed E-state index contributed by atoms with van der Waals surface area (Å²) in [5, 5.41) is 11.0. The minimum Gasteiger partial charge on any atom is -0.296 e. The normalized spacial score (nSPS) is 16.2.